The lowest BCUT2D eigenvalue weighted by Crippen LogP contribution is -2.35. The van der Waals surface area contributed by atoms with E-state index in [4.69, 9.17) is 11.5 Å². The molecule has 1 saturated carbocycles. The van der Waals surface area contributed by atoms with Crippen molar-refractivity contribution in [2.45, 2.75) is 41.9 Å². The molecule has 1 aromatic rings. The fourth-order valence-corrected chi connectivity index (χ4v) is 3.88. The van der Waals surface area contributed by atoms with Crippen LogP contribution in [0.4, 0.5) is 5.69 Å². The van der Waals surface area contributed by atoms with E-state index in [0.717, 1.165) is 21.5 Å². The molecular formula is C12H17BrN2S. The molecule has 88 valence electrons. The molecule has 0 heterocycles. The highest BCUT2D eigenvalue weighted by molar-refractivity contribution is 9.10. The minimum Gasteiger partial charge on any atom is -0.398 e. The number of hydrogen-bond acceptors (Lipinski definition) is 3. The van der Waals surface area contributed by atoms with Gasteiger partial charge >= 0.3 is 0 Å². The highest BCUT2D eigenvalue weighted by atomic mass is 79.9. The Bertz CT molecular complexity index is 370. The van der Waals surface area contributed by atoms with E-state index in [0.29, 0.717) is 11.3 Å². The van der Waals surface area contributed by atoms with Crippen molar-refractivity contribution < 1.29 is 0 Å². The maximum Gasteiger partial charge on any atom is 0.0453 e. The van der Waals surface area contributed by atoms with Gasteiger partial charge in [0.1, 0.15) is 0 Å². The smallest absolute Gasteiger partial charge is 0.0453 e. The lowest BCUT2D eigenvalue weighted by atomic mass is 9.96. The lowest BCUT2D eigenvalue weighted by molar-refractivity contribution is 0.453. The second-order valence-electron chi connectivity index (χ2n) is 4.29. The van der Waals surface area contributed by atoms with Crippen LogP contribution in [0.15, 0.2) is 27.6 Å². The zero-order valence-corrected chi connectivity index (χ0v) is 11.6. The molecule has 0 aliphatic heterocycles. The van der Waals surface area contributed by atoms with Gasteiger partial charge in [0.2, 0.25) is 0 Å². The van der Waals surface area contributed by atoms with Crippen LogP contribution >= 0.6 is 27.7 Å². The zero-order valence-electron chi connectivity index (χ0n) is 9.16. The molecule has 0 spiro atoms. The molecule has 2 unspecified atom stereocenters. The summed E-state index contributed by atoms with van der Waals surface area (Å²) < 4.78 is 1.08. The predicted octanol–water partition coefficient (Wildman–Crippen LogP) is 3.39. The third-order valence-corrected chi connectivity index (χ3v) is 5.00. The minimum absolute atomic E-state index is 0.317. The van der Waals surface area contributed by atoms with Gasteiger partial charge in [0, 0.05) is 26.3 Å². The van der Waals surface area contributed by atoms with Crippen LogP contribution in [0.25, 0.3) is 0 Å². The van der Waals surface area contributed by atoms with Crippen LogP contribution < -0.4 is 11.5 Å². The van der Waals surface area contributed by atoms with Gasteiger partial charge in [0.05, 0.1) is 0 Å². The van der Waals surface area contributed by atoms with E-state index in [1.54, 1.807) is 0 Å². The molecule has 0 bridgehead atoms. The SMILES string of the molecule is Nc1ccc(Br)cc1SC1CCCCC1N. The third-order valence-electron chi connectivity index (χ3n) is 3.01. The molecule has 1 aromatic carbocycles. The summed E-state index contributed by atoms with van der Waals surface area (Å²) in [5.41, 5.74) is 13.0. The highest BCUT2D eigenvalue weighted by Crippen LogP contribution is 2.36. The van der Waals surface area contributed by atoms with Crippen molar-refractivity contribution in [3.05, 3.63) is 22.7 Å². The summed E-state index contributed by atoms with van der Waals surface area (Å²) >= 11 is 5.31. The predicted molar refractivity (Wildman–Crippen MR) is 74.6 cm³/mol. The maximum absolute atomic E-state index is 6.14. The monoisotopic (exact) mass is 300 g/mol. The lowest BCUT2D eigenvalue weighted by Gasteiger charge is -2.28. The van der Waals surface area contributed by atoms with E-state index >= 15 is 0 Å². The van der Waals surface area contributed by atoms with Gasteiger partial charge < -0.3 is 11.5 Å². The number of benzene rings is 1. The van der Waals surface area contributed by atoms with Crippen LogP contribution in [0.2, 0.25) is 0 Å². The van der Waals surface area contributed by atoms with E-state index in [-0.39, 0.29) is 0 Å². The van der Waals surface area contributed by atoms with Crippen LogP contribution in [-0.2, 0) is 0 Å². The number of anilines is 1. The number of nitrogens with two attached hydrogens (primary N) is 2. The van der Waals surface area contributed by atoms with Crippen molar-refractivity contribution in [2.75, 3.05) is 5.73 Å². The van der Waals surface area contributed by atoms with Crippen LogP contribution in [-0.4, -0.2) is 11.3 Å². The summed E-state index contributed by atoms with van der Waals surface area (Å²) in [4.78, 5) is 1.15. The summed E-state index contributed by atoms with van der Waals surface area (Å²) in [6.45, 7) is 0. The Labute approximate surface area is 109 Å². The van der Waals surface area contributed by atoms with Crippen molar-refractivity contribution in [2.24, 2.45) is 5.73 Å². The van der Waals surface area contributed by atoms with Gasteiger partial charge in [-0.15, -0.1) is 11.8 Å². The Balaban J connectivity index is 2.10. The van der Waals surface area contributed by atoms with Gasteiger partial charge in [-0.1, -0.05) is 28.8 Å². The summed E-state index contributed by atoms with van der Waals surface area (Å²) in [7, 11) is 0. The molecule has 0 aromatic heterocycles. The van der Waals surface area contributed by atoms with E-state index < -0.39 is 0 Å². The molecular weight excluding hydrogens is 284 g/mol. The quantitative estimate of drug-likeness (QED) is 0.823. The Morgan fingerprint density at radius 1 is 1.25 bits per heavy atom. The van der Waals surface area contributed by atoms with Crippen molar-refractivity contribution >= 4 is 33.4 Å². The summed E-state index contributed by atoms with van der Waals surface area (Å²) in [6.07, 6.45) is 4.91. The normalized spacial score (nSPS) is 25.6. The van der Waals surface area contributed by atoms with Gasteiger partial charge in [-0.3, -0.25) is 0 Å². The Morgan fingerprint density at radius 2 is 2.00 bits per heavy atom. The van der Waals surface area contributed by atoms with E-state index in [9.17, 15) is 0 Å². The first-order chi connectivity index (χ1) is 7.66. The summed E-state index contributed by atoms with van der Waals surface area (Å²) in [5, 5.41) is 0.519. The maximum atomic E-state index is 6.14. The van der Waals surface area contributed by atoms with Crippen LogP contribution in [0, 0.1) is 0 Å². The van der Waals surface area contributed by atoms with Gasteiger partial charge in [-0.2, -0.15) is 0 Å². The fraction of sp³-hybridized carbons (Fsp3) is 0.500. The number of halogens is 1. The van der Waals surface area contributed by atoms with E-state index in [1.807, 2.05) is 23.9 Å². The molecule has 4 heteroatoms. The topological polar surface area (TPSA) is 52.0 Å². The molecule has 2 rings (SSSR count). The number of rotatable bonds is 2. The third kappa shape index (κ3) is 2.93. The molecule has 1 aliphatic carbocycles. The second kappa shape index (κ2) is 5.43. The Morgan fingerprint density at radius 3 is 2.75 bits per heavy atom. The molecule has 0 saturated heterocycles. The van der Waals surface area contributed by atoms with Crippen LogP contribution in [0.1, 0.15) is 25.7 Å². The average Bonchev–Trinajstić information content (AvgIpc) is 2.27. The largest absolute Gasteiger partial charge is 0.398 e. The zero-order chi connectivity index (χ0) is 11.5. The molecule has 0 amide bonds. The fourth-order valence-electron chi connectivity index (χ4n) is 2.05. The van der Waals surface area contributed by atoms with Crippen molar-refractivity contribution in [3.63, 3.8) is 0 Å². The molecule has 2 atom stereocenters. The van der Waals surface area contributed by atoms with Crippen molar-refractivity contribution in [1.82, 2.24) is 0 Å². The first kappa shape index (κ1) is 12.3. The summed E-state index contributed by atoms with van der Waals surface area (Å²) in [5.74, 6) is 0. The van der Waals surface area contributed by atoms with E-state index in [1.165, 1.54) is 19.3 Å². The molecule has 1 fully saturated rings. The minimum atomic E-state index is 0.317. The standard InChI is InChI=1S/C12H17BrN2S/c13-8-5-6-10(15)12(7-8)16-11-4-2-1-3-9(11)14/h5-7,9,11H,1-4,14-15H2. The highest BCUT2D eigenvalue weighted by Gasteiger charge is 2.23. The van der Waals surface area contributed by atoms with Gasteiger partial charge in [-0.25, -0.2) is 0 Å². The number of thioether (sulfide) groups is 1. The molecule has 1 aliphatic rings. The number of hydrogen-bond donors (Lipinski definition) is 2. The van der Waals surface area contributed by atoms with Gasteiger partial charge in [-0.05, 0) is 31.0 Å². The number of nitrogen functional groups attached to an aromatic ring is 1. The Kier molecular flexibility index (Phi) is 4.16. The van der Waals surface area contributed by atoms with E-state index in [2.05, 4.69) is 22.0 Å². The molecule has 2 nitrogen and oxygen atoms in total. The first-order valence-electron chi connectivity index (χ1n) is 5.64. The van der Waals surface area contributed by atoms with Gasteiger partial charge in [0.15, 0.2) is 0 Å². The van der Waals surface area contributed by atoms with Crippen molar-refractivity contribution in [3.8, 4) is 0 Å². The van der Waals surface area contributed by atoms with Crippen molar-refractivity contribution in [1.29, 1.82) is 0 Å². The molecule has 0 radical (unpaired) electrons. The molecule has 16 heavy (non-hydrogen) atoms. The van der Waals surface area contributed by atoms with Crippen LogP contribution in [0.3, 0.4) is 0 Å². The Hall–Kier alpha value is -0.190. The first-order valence-corrected chi connectivity index (χ1v) is 7.31. The average molecular weight is 301 g/mol. The second-order valence-corrected chi connectivity index (χ2v) is 6.48. The summed E-state index contributed by atoms with van der Waals surface area (Å²) in [6, 6.07) is 6.32. The molecule has 4 N–H and O–H groups in total. The van der Waals surface area contributed by atoms with Crippen LogP contribution in [0.5, 0.6) is 0 Å². The van der Waals surface area contributed by atoms with Gasteiger partial charge in [0.25, 0.3) is 0 Å².